The zero-order valence-electron chi connectivity index (χ0n) is 13.4. The summed E-state index contributed by atoms with van der Waals surface area (Å²) in [7, 11) is 0. The highest BCUT2D eigenvalue weighted by atomic mass is 35.5. The molecule has 1 unspecified atom stereocenters. The first kappa shape index (κ1) is 17.8. The Balaban J connectivity index is 2.34. The summed E-state index contributed by atoms with van der Waals surface area (Å²) >= 11 is 5.94. The van der Waals surface area contributed by atoms with Crippen molar-refractivity contribution in [2.45, 2.75) is 52.8 Å². The number of amides is 1. The van der Waals surface area contributed by atoms with Crippen molar-refractivity contribution in [1.82, 2.24) is 10.6 Å². The van der Waals surface area contributed by atoms with Gasteiger partial charge in [-0.05, 0) is 57.9 Å². The number of hydrogen-bond donors (Lipinski definition) is 2. The van der Waals surface area contributed by atoms with Gasteiger partial charge in [-0.25, -0.2) is 4.79 Å². The molecule has 1 aromatic rings. The number of ether oxygens (including phenoxy) is 1. The van der Waals surface area contributed by atoms with Crippen LogP contribution in [0, 0.1) is 6.92 Å². The predicted octanol–water partition coefficient (Wildman–Crippen LogP) is 3.65. The normalized spacial score (nSPS) is 12.9. The number of rotatable bonds is 5. The minimum atomic E-state index is -0.471. The van der Waals surface area contributed by atoms with Crippen molar-refractivity contribution >= 4 is 17.7 Å². The Morgan fingerprint density at radius 2 is 2.05 bits per heavy atom. The number of benzene rings is 1. The van der Waals surface area contributed by atoms with Gasteiger partial charge in [0.25, 0.3) is 0 Å². The van der Waals surface area contributed by atoms with Crippen LogP contribution in [-0.2, 0) is 11.3 Å². The maximum Gasteiger partial charge on any atom is 0.407 e. The fourth-order valence-corrected chi connectivity index (χ4v) is 1.99. The van der Waals surface area contributed by atoms with Crippen molar-refractivity contribution in [3.05, 3.63) is 34.3 Å². The summed E-state index contributed by atoms with van der Waals surface area (Å²) in [6, 6.07) is 5.99. The molecule has 0 spiro atoms. The second-order valence-corrected chi connectivity index (χ2v) is 6.67. The van der Waals surface area contributed by atoms with Gasteiger partial charge in [0, 0.05) is 24.2 Å². The Morgan fingerprint density at radius 1 is 1.38 bits per heavy atom. The molecule has 0 saturated heterocycles. The Labute approximate surface area is 132 Å². The molecular formula is C16H25ClN2O2. The molecule has 1 aromatic carbocycles. The van der Waals surface area contributed by atoms with Crippen molar-refractivity contribution in [1.29, 1.82) is 0 Å². The average molecular weight is 313 g/mol. The smallest absolute Gasteiger partial charge is 0.407 e. The van der Waals surface area contributed by atoms with E-state index in [1.54, 1.807) is 0 Å². The van der Waals surface area contributed by atoms with Gasteiger partial charge in [-0.15, -0.1) is 0 Å². The summed E-state index contributed by atoms with van der Waals surface area (Å²) in [4.78, 5) is 11.6. The molecule has 0 aromatic heterocycles. The molecular weight excluding hydrogens is 288 g/mol. The van der Waals surface area contributed by atoms with Crippen LogP contribution in [0.3, 0.4) is 0 Å². The SMILES string of the molecule is Cc1cc(Cl)ccc1CNC(C)CNC(=O)OC(C)(C)C. The van der Waals surface area contributed by atoms with Gasteiger partial charge in [-0.2, -0.15) is 0 Å². The Morgan fingerprint density at radius 3 is 2.62 bits per heavy atom. The molecule has 0 saturated carbocycles. The van der Waals surface area contributed by atoms with Crippen LogP contribution >= 0.6 is 11.6 Å². The number of carbonyl (C=O) groups is 1. The number of nitrogens with one attached hydrogen (secondary N) is 2. The first-order chi connectivity index (χ1) is 9.67. The lowest BCUT2D eigenvalue weighted by molar-refractivity contribution is 0.0523. The lowest BCUT2D eigenvalue weighted by Gasteiger charge is -2.21. The van der Waals surface area contributed by atoms with Gasteiger partial charge in [-0.1, -0.05) is 17.7 Å². The van der Waals surface area contributed by atoms with Gasteiger partial charge in [0.15, 0.2) is 0 Å². The van der Waals surface area contributed by atoms with E-state index in [-0.39, 0.29) is 12.1 Å². The zero-order valence-corrected chi connectivity index (χ0v) is 14.2. The number of aryl methyl sites for hydroxylation is 1. The third kappa shape index (κ3) is 7.34. The van der Waals surface area contributed by atoms with Crippen molar-refractivity contribution in [2.24, 2.45) is 0 Å². The predicted molar refractivity (Wildman–Crippen MR) is 86.7 cm³/mol. The van der Waals surface area contributed by atoms with E-state index in [1.165, 1.54) is 5.56 Å². The van der Waals surface area contributed by atoms with Crippen molar-refractivity contribution in [2.75, 3.05) is 6.54 Å². The van der Waals surface area contributed by atoms with Gasteiger partial charge >= 0.3 is 6.09 Å². The van der Waals surface area contributed by atoms with E-state index in [2.05, 4.69) is 10.6 Å². The Kier molecular flexibility index (Phi) is 6.49. The minimum absolute atomic E-state index is 0.146. The fourth-order valence-electron chi connectivity index (χ4n) is 1.76. The quantitative estimate of drug-likeness (QED) is 0.872. The zero-order chi connectivity index (χ0) is 16.0. The summed E-state index contributed by atoms with van der Waals surface area (Å²) in [5.41, 5.74) is 1.88. The van der Waals surface area contributed by atoms with E-state index in [1.807, 2.05) is 52.8 Å². The first-order valence-corrected chi connectivity index (χ1v) is 7.50. The van der Waals surface area contributed by atoms with E-state index in [4.69, 9.17) is 16.3 Å². The molecule has 1 atom stereocenters. The highest BCUT2D eigenvalue weighted by molar-refractivity contribution is 6.30. The topological polar surface area (TPSA) is 50.4 Å². The molecule has 5 heteroatoms. The lowest BCUT2D eigenvalue weighted by atomic mass is 10.1. The molecule has 0 bridgehead atoms. The second kappa shape index (κ2) is 7.66. The highest BCUT2D eigenvalue weighted by Crippen LogP contribution is 2.15. The number of halogens is 1. The molecule has 0 aliphatic carbocycles. The third-order valence-corrected chi connectivity index (χ3v) is 3.13. The molecule has 4 nitrogen and oxygen atoms in total. The van der Waals surface area contributed by atoms with E-state index >= 15 is 0 Å². The third-order valence-electron chi connectivity index (χ3n) is 2.90. The van der Waals surface area contributed by atoms with E-state index in [0.717, 1.165) is 17.1 Å². The molecule has 0 aliphatic rings. The van der Waals surface area contributed by atoms with Crippen LogP contribution in [-0.4, -0.2) is 24.3 Å². The summed E-state index contributed by atoms with van der Waals surface area (Å²) < 4.78 is 5.19. The molecule has 0 fully saturated rings. The second-order valence-electron chi connectivity index (χ2n) is 6.24. The van der Waals surface area contributed by atoms with Gasteiger partial charge in [0.2, 0.25) is 0 Å². The monoisotopic (exact) mass is 312 g/mol. The van der Waals surface area contributed by atoms with Crippen LogP contribution in [0.2, 0.25) is 5.02 Å². The molecule has 21 heavy (non-hydrogen) atoms. The van der Waals surface area contributed by atoms with Gasteiger partial charge in [-0.3, -0.25) is 0 Å². The summed E-state index contributed by atoms with van der Waals surface area (Å²) in [6.45, 7) is 10.8. The molecule has 1 amide bonds. The standard InChI is InChI=1S/C16H25ClN2O2/c1-11-8-14(17)7-6-13(11)10-18-12(2)9-19-15(20)21-16(3,4)5/h6-8,12,18H,9-10H2,1-5H3,(H,19,20). The fraction of sp³-hybridized carbons (Fsp3) is 0.562. The Bertz CT molecular complexity index is 484. The Hall–Kier alpha value is -1.26. The largest absolute Gasteiger partial charge is 0.444 e. The number of alkyl carbamates (subject to hydrolysis) is 1. The number of carbonyl (C=O) groups excluding carboxylic acids is 1. The summed E-state index contributed by atoms with van der Waals surface area (Å²) in [6.07, 6.45) is -0.390. The van der Waals surface area contributed by atoms with E-state index in [9.17, 15) is 4.79 Å². The molecule has 0 aliphatic heterocycles. The van der Waals surface area contributed by atoms with Crippen LogP contribution in [0.25, 0.3) is 0 Å². The van der Waals surface area contributed by atoms with Gasteiger partial charge in [0.05, 0.1) is 0 Å². The first-order valence-electron chi connectivity index (χ1n) is 7.12. The summed E-state index contributed by atoms with van der Waals surface area (Å²) in [5, 5.41) is 6.86. The highest BCUT2D eigenvalue weighted by Gasteiger charge is 2.16. The van der Waals surface area contributed by atoms with Crippen LogP contribution in [0.4, 0.5) is 4.79 Å². The minimum Gasteiger partial charge on any atom is -0.444 e. The molecule has 0 radical (unpaired) electrons. The average Bonchev–Trinajstić information content (AvgIpc) is 2.33. The maximum atomic E-state index is 11.6. The summed E-state index contributed by atoms with van der Waals surface area (Å²) in [5.74, 6) is 0. The molecule has 118 valence electrons. The van der Waals surface area contributed by atoms with Crippen molar-refractivity contribution < 1.29 is 9.53 Å². The molecule has 2 N–H and O–H groups in total. The number of hydrogen-bond acceptors (Lipinski definition) is 3. The van der Waals surface area contributed by atoms with Gasteiger partial charge < -0.3 is 15.4 Å². The molecule has 1 rings (SSSR count). The van der Waals surface area contributed by atoms with Crippen LogP contribution in [0.15, 0.2) is 18.2 Å². The van der Waals surface area contributed by atoms with Crippen LogP contribution < -0.4 is 10.6 Å². The molecule has 0 heterocycles. The van der Waals surface area contributed by atoms with E-state index in [0.29, 0.717) is 6.54 Å². The maximum absolute atomic E-state index is 11.6. The van der Waals surface area contributed by atoms with Gasteiger partial charge in [0.1, 0.15) is 5.60 Å². The van der Waals surface area contributed by atoms with Crippen molar-refractivity contribution in [3.63, 3.8) is 0 Å². The van der Waals surface area contributed by atoms with E-state index < -0.39 is 5.60 Å². The lowest BCUT2D eigenvalue weighted by Crippen LogP contribution is -2.41. The van der Waals surface area contributed by atoms with Crippen molar-refractivity contribution in [3.8, 4) is 0 Å². The van der Waals surface area contributed by atoms with Crippen LogP contribution in [0.1, 0.15) is 38.8 Å². The van der Waals surface area contributed by atoms with Crippen LogP contribution in [0.5, 0.6) is 0 Å².